The number of pyridine rings is 1. The Balaban J connectivity index is 2.58. The van der Waals surface area contributed by atoms with Crippen LogP contribution in [0.3, 0.4) is 0 Å². The van der Waals surface area contributed by atoms with Gasteiger partial charge in [-0.1, -0.05) is 19.9 Å². The maximum Gasteiger partial charge on any atom is 0.0593 e. The first-order valence-electron chi connectivity index (χ1n) is 4.88. The average Bonchev–Trinajstić information content (AvgIpc) is 2.19. The maximum atomic E-state index is 9.40. The smallest absolute Gasteiger partial charge is 0.0593 e. The standard InChI is InChI=1S/C11H17NO/c1-3-9-5-6-10(12-8-9)7-11(13)4-2/h5-6,8,11,13H,3-4,7H2,1-2H3. The molecule has 1 aromatic heterocycles. The number of hydrogen-bond acceptors (Lipinski definition) is 2. The largest absolute Gasteiger partial charge is 0.393 e. The number of hydrogen-bond donors (Lipinski definition) is 1. The minimum Gasteiger partial charge on any atom is -0.393 e. The first kappa shape index (κ1) is 10.2. The van der Waals surface area contributed by atoms with Crippen molar-refractivity contribution in [2.24, 2.45) is 0 Å². The van der Waals surface area contributed by atoms with Crippen LogP contribution in [-0.2, 0) is 12.8 Å². The summed E-state index contributed by atoms with van der Waals surface area (Å²) in [6, 6.07) is 4.07. The lowest BCUT2D eigenvalue weighted by Gasteiger charge is -2.06. The van der Waals surface area contributed by atoms with Crippen LogP contribution in [0.1, 0.15) is 31.5 Å². The zero-order chi connectivity index (χ0) is 9.68. The van der Waals surface area contributed by atoms with Crippen molar-refractivity contribution in [3.8, 4) is 0 Å². The predicted octanol–water partition coefficient (Wildman–Crippen LogP) is 1.96. The van der Waals surface area contributed by atoms with Crippen LogP contribution in [0.4, 0.5) is 0 Å². The third-order valence-corrected chi connectivity index (χ3v) is 2.21. The molecule has 1 rings (SSSR count). The minimum absolute atomic E-state index is 0.250. The molecule has 1 aromatic rings. The van der Waals surface area contributed by atoms with Crippen LogP contribution in [0.15, 0.2) is 18.3 Å². The second kappa shape index (κ2) is 4.97. The van der Waals surface area contributed by atoms with Gasteiger partial charge in [0.05, 0.1) is 6.10 Å². The van der Waals surface area contributed by atoms with Gasteiger partial charge in [0, 0.05) is 18.3 Å². The highest BCUT2D eigenvalue weighted by atomic mass is 16.3. The van der Waals surface area contributed by atoms with E-state index in [0.29, 0.717) is 6.42 Å². The molecule has 0 aliphatic rings. The summed E-state index contributed by atoms with van der Waals surface area (Å²) < 4.78 is 0. The van der Waals surface area contributed by atoms with Crippen molar-refractivity contribution < 1.29 is 5.11 Å². The van der Waals surface area contributed by atoms with E-state index in [1.54, 1.807) is 0 Å². The van der Waals surface area contributed by atoms with Crippen molar-refractivity contribution in [2.45, 2.75) is 39.2 Å². The van der Waals surface area contributed by atoms with E-state index in [2.05, 4.69) is 18.0 Å². The molecule has 0 aliphatic carbocycles. The Morgan fingerprint density at radius 2 is 2.15 bits per heavy atom. The first-order valence-corrected chi connectivity index (χ1v) is 4.88. The van der Waals surface area contributed by atoms with E-state index in [4.69, 9.17) is 0 Å². The number of rotatable bonds is 4. The van der Waals surface area contributed by atoms with E-state index < -0.39 is 0 Å². The normalized spacial score (nSPS) is 12.8. The van der Waals surface area contributed by atoms with Gasteiger partial charge in [-0.25, -0.2) is 0 Å². The van der Waals surface area contributed by atoms with Gasteiger partial charge in [0.1, 0.15) is 0 Å². The summed E-state index contributed by atoms with van der Waals surface area (Å²) in [6.07, 6.45) is 4.11. The Morgan fingerprint density at radius 3 is 2.62 bits per heavy atom. The molecule has 0 saturated heterocycles. The molecular formula is C11H17NO. The van der Waals surface area contributed by atoms with Crippen LogP contribution in [-0.4, -0.2) is 16.2 Å². The molecular weight excluding hydrogens is 162 g/mol. The molecule has 0 aromatic carbocycles. The Labute approximate surface area is 79.6 Å². The van der Waals surface area contributed by atoms with E-state index in [0.717, 1.165) is 18.5 Å². The number of aryl methyl sites for hydroxylation is 1. The number of aliphatic hydroxyl groups is 1. The topological polar surface area (TPSA) is 33.1 Å². The average molecular weight is 179 g/mol. The minimum atomic E-state index is -0.250. The molecule has 72 valence electrons. The maximum absolute atomic E-state index is 9.40. The molecule has 0 spiro atoms. The third kappa shape index (κ3) is 3.15. The van der Waals surface area contributed by atoms with Crippen LogP contribution in [0.5, 0.6) is 0 Å². The highest BCUT2D eigenvalue weighted by Crippen LogP contribution is 2.05. The fourth-order valence-electron chi connectivity index (χ4n) is 1.17. The lowest BCUT2D eigenvalue weighted by atomic mass is 10.1. The van der Waals surface area contributed by atoms with Gasteiger partial charge < -0.3 is 5.11 Å². The summed E-state index contributed by atoms with van der Waals surface area (Å²) in [7, 11) is 0. The fourth-order valence-corrected chi connectivity index (χ4v) is 1.17. The highest BCUT2D eigenvalue weighted by molar-refractivity contribution is 5.14. The van der Waals surface area contributed by atoms with E-state index >= 15 is 0 Å². The molecule has 1 N–H and O–H groups in total. The third-order valence-electron chi connectivity index (χ3n) is 2.21. The Bertz CT molecular complexity index is 243. The van der Waals surface area contributed by atoms with Gasteiger partial charge in [0.15, 0.2) is 0 Å². The van der Waals surface area contributed by atoms with Crippen LogP contribution >= 0.6 is 0 Å². The Morgan fingerprint density at radius 1 is 1.38 bits per heavy atom. The van der Waals surface area contributed by atoms with Crippen LogP contribution in [0.25, 0.3) is 0 Å². The molecule has 0 saturated carbocycles. The quantitative estimate of drug-likeness (QED) is 0.766. The summed E-state index contributed by atoms with van der Waals surface area (Å²) in [6.45, 7) is 4.09. The lowest BCUT2D eigenvalue weighted by molar-refractivity contribution is 0.169. The van der Waals surface area contributed by atoms with Crippen molar-refractivity contribution in [3.05, 3.63) is 29.6 Å². The van der Waals surface area contributed by atoms with Gasteiger partial charge in [0.25, 0.3) is 0 Å². The molecule has 2 heteroatoms. The van der Waals surface area contributed by atoms with Gasteiger partial charge in [-0.15, -0.1) is 0 Å². The monoisotopic (exact) mass is 179 g/mol. The number of aromatic nitrogens is 1. The van der Waals surface area contributed by atoms with Gasteiger partial charge in [0.2, 0.25) is 0 Å². The van der Waals surface area contributed by atoms with E-state index in [9.17, 15) is 5.11 Å². The summed E-state index contributed by atoms with van der Waals surface area (Å²) in [4.78, 5) is 4.28. The lowest BCUT2D eigenvalue weighted by Crippen LogP contribution is -2.09. The summed E-state index contributed by atoms with van der Waals surface area (Å²) >= 11 is 0. The van der Waals surface area contributed by atoms with Crippen LogP contribution < -0.4 is 0 Å². The molecule has 1 heterocycles. The van der Waals surface area contributed by atoms with Crippen molar-refractivity contribution in [2.75, 3.05) is 0 Å². The molecule has 0 fully saturated rings. The van der Waals surface area contributed by atoms with Crippen molar-refractivity contribution >= 4 is 0 Å². The number of aliphatic hydroxyl groups excluding tert-OH is 1. The van der Waals surface area contributed by atoms with Crippen LogP contribution in [0, 0.1) is 0 Å². The molecule has 1 unspecified atom stereocenters. The zero-order valence-electron chi connectivity index (χ0n) is 8.33. The van der Waals surface area contributed by atoms with E-state index in [-0.39, 0.29) is 6.10 Å². The van der Waals surface area contributed by atoms with Gasteiger partial charge in [-0.05, 0) is 24.5 Å². The summed E-state index contributed by atoms with van der Waals surface area (Å²) in [5, 5.41) is 9.40. The van der Waals surface area contributed by atoms with Crippen molar-refractivity contribution in [1.82, 2.24) is 4.98 Å². The molecule has 0 amide bonds. The molecule has 0 radical (unpaired) electrons. The van der Waals surface area contributed by atoms with Gasteiger partial charge in [-0.3, -0.25) is 4.98 Å². The van der Waals surface area contributed by atoms with Crippen LogP contribution in [0.2, 0.25) is 0 Å². The Kier molecular flexibility index (Phi) is 3.90. The number of nitrogens with zero attached hydrogens (tertiary/aromatic N) is 1. The van der Waals surface area contributed by atoms with Crippen molar-refractivity contribution in [3.63, 3.8) is 0 Å². The predicted molar refractivity (Wildman–Crippen MR) is 53.6 cm³/mol. The molecule has 1 atom stereocenters. The summed E-state index contributed by atoms with van der Waals surface area (Å²) in [5.41, 5.74) is 2.22. The van der Waals surface area contributed by atoms with Crippen molar-refractivity contribution in [1.29, 1.82) is 0 Å². The van der Waals surface area contributed by atoms with E-state index in [1.165, 1.54) is 5.56 Å². The second-order valence-corrected chi connectivity index (χ2v) is 3.28. The molecule has 13 heavy (non-hydrogen) atoms. The Hall–Kier alpha value is -0.890. The zero-order valence-corrected chi connectivity index (χ0v) is 8.33. The molecule has 0 bridgehead atoms. The van der Waals surface area contributed by atoms with E-state index in [1.807, 2.05) is 19.2 Å². The SMILES string of the molecule is CCc1ccc(CC(O)CC)nc1. The highest BCUT2D eigenvalue weighted by Gasteiger charge is 2.02. The molecule has 2 nitrogen and oxygen atoms in total. The fraction of sp³-hybridized carbons (Fsp3) is 0.545. The second-order valence-electron chi connectivity index (χ2n) is 3.28. The molecule has 0 aliphatic heterocycles. The van der Waals surface area contributed by atoms with Gasteiger partial charge in [-0.2, -0.15) is 0 Å². The summed E-state index contributed by atoms with van der Waals surface area (Å²) in [5.74, 6) is 0. The van der Waals surface area contributed by atoms with Gasteiger partial charge >= 0.3 is 0 Å². The first-order chi connectivity index (χ1) is 6.26.